The predicted octanol–water partition coefficient (Wildman–Crippen LogP) is 4.21. The Bertz CT molecular complexity index is 1060. The van der Waals surface area contributed by atoms with E-state index in [2.05, 4.69) is 5.32 Å². The first-order valence-electron chi connectivity index (χ1n) is 11.0. The van der Waals surface area contributed by atoms with E-state index in [1.807, 2.05) is 35.2 Å². The molecule has 32 heavy (non-hydrogen) atoms. The third kappa shape index (κ3) is 4.91. The van der Waals surface area contributed by atoms with Crippen molar-refractivity contribution in [3.8, 4) is 11.5 Å². The largest absolute Gasteiger partial charge is 0.486 e. The quantitative estimate of drug-likeness (QED) is 0.639. The molecule has 0 atom stereocenters. The summed E-state index contributed by atoms with van der Waals surface area (Å²) in [7, 11) is 0. The molecule has 0 radical (unpaired) electrons. The van der Waals surface area contributed by atoms with Crippen molar-refractivity contribution in [1.82, 2.24) is 10.2 Å². The average molecular weight is 453 g/mol. The smallest absolute Gasteiger partial charge is 0.251 e. The Morgan fingerprint density at radius 2 is 1.81 bits per heavy atom. The molecule has 0 bridgehead atoms. The molecule has 3 aliphatic rings. The van der Waals surface area contributed by atoms with Gasteiger partial charge >= 0.3 is 0 Å². The molecule has 2 fully saturated rings. The average Bonchev–Trinajstić information content (AvgIpc) is 3.72. The predicted molar refractivity (Wildman–Crippen MR) is 122 cm³/mol. The minimum atomic E-state index is -0.0472. The van der Waals surface area contributed by atoms with Gasteiger partial charge in [-0.25, -0.2) is 0 Å². The molecule has 0 aromatic heterocycles. The van der Waals surface area contributed by atoms with Crippen LogP contribution in [-0.2, 0) is 11.3 Å². The minimum absolute atomic E-state index is 0.0322. The number of carbonyl (C=O) groups is 2. The summed E-state index contributed by atoms with van der Waals surface area (Å²) in [4.78, 5) is 27.0. The zero-order valence-electron chi connectivity index (χ0n) is 17.7. The van der Waals surface area contributed by atoms with Crippen molar-refractivity contribution in [1.29, 1.82) is 0 Å². The third-order valence-corrected chi connectivity index (χ3v) is 6.07. The highest BCUT2D eigenvalue weighted by molar-refractivity contribution is 6.32. The fourth-order valence-corrected chi connectivity index (χ4v) is 3.99. The van der Waals surface area contributed by atoms with Gasteiger partial charge in [0.25, 0.3) is 5.91 Å². The number of hydrogen-bond donors (Lipinski definition) is 1. The van der Waals surface area contributed by atoms with Crippen LogP contribution in [0.25, 0.3) is 6.08 Å². The zero-order valence-corrected chi connectivity index (χ0v) is 18.4. The molecular weight excluding hydrogens is 428 g/mol. The van der Waals surface area contributed by atoms with E-state index in [1.165, 1.54) is 0 Å². The number of halogens is 1. The van der Waals surface area contributed by atoms with E-state index >= 15 is 0 Å². The lowest BCUT2D eigenvalue weighted by Crippen LogP contribution is -2.31. The summed E-state index contributed by atoms with van der Waals surface area (Å²) in [5.74, 6) is 1.07. The molecule has 0 spiro atoms. The Morgan fingerprint density at radius 3 is 2.53 bits per heavy atom. The number of nitrogens with zero attached hydrogens (tertiary/aromatic N) is 1. The monoisotopic (exact) mass is 452 g/mol. The van der Waals surface area contributed by atoms with Gasteiger partial charge in [-0.1, -0.05) is 23.7 Å². The number of nitrogens with one attached hydrogen (secondary N) is 1. The maximum Gasteiger partial charge on any atom is 0.251 e. The molecule has 5 rings (SSSR count). The standard InChI is InChI=1S/C25H25ClN2O4/c26-21-13-17(14-22-24(21)32-12-11-31-22)3-10-23(29)28(20-8-9-20)15-16-1-4-18(5-2-16)25(30)27-19-6-7-19/h1-5,10,13-14,19-20H,6-9,11-12,15H2,(H,27,30)/b10-3+. The number of amides is 2. The highest BCUT2D eigenvalue weighted by Gasteiger charge is 2.31. The Labute approximate surface area is 192 Å². The van der Waals surface area contributed by atoms with Gasteiger partial charge in [0.2, 0.25) is 5.91 Å². The molecule has 166 valence electrons. The number of fused-ring (bicyclic) bond motifs is 1. The molecule has 0 unspecified atom stereocenters. The van der Waals surface area contributed by atoms with Crippen LogP contribution in [0.1, 0.15) is 47.2 Å². The van der Waals surface area contributed by atoms with Crippen LogP contribution in [0.3, 0.4) is 0 Å². The molecule has 1 aliphatic heterocycles. The number of ether oxygens (including phenoxy) is 2. The van der Waals surface area contributed by atoms with Crippen LogP contribution in [0.4, 0.5) is 0 Å². The second-order valence-corrected chi connectivity index (χ2v) is 8.91. The summed E-state index contributed by atoms with van der Waals surface area (Å²) >= 11 is 6.30. The molecule has 1 N–H and O–H groups in total. The highest BCUT2D eigenvalue weighted by atomic mass is 35.5. The number of rotatable bonds is 7. The van der Waals surface area contributed by atoms with Gasteiger partial charge in [-0.3, -0.25) is 9.59 Å². The highest BCUT2D eigenvalue weighted by Crippen LogP contribution is 2.38. The lowest BCUT2D eigenvalue weighted by Gasteiger charge is -2.21. The van der Waals surface area contributed by atoms with Crippen LogP contribution in [-0.4, -0.2) is 42.0 Å². The molecule has 2 saturated carbocycles. The summed E-state index contributed by atoms with van der Waals surface area (Å²) in [6.45, 7) is 1.47. The fourth-order valence-electron chi connectivity index (χ4n) is 3.72. The maximum atomic E-state index is 13.0. The molecule has 7 heteroatoms. The lowest BCUT2D eigenvalue weighted by molar-refractivity contribution is -0.127. The molecule has 6 nitrogen and oxygen atoms in total. The van der Waals surface area contributed by atoms with Crippen LogP contribution in [0.15, 0.2) is 42.5 Å². The molecule has 1 heterocycles. The van der Waals surface area contributed by atoms with Crippen molar-refractivity contribution in [3.05, 3.63) is 64.2 Å². The van der Waals surface area contributed by atoms with Crippen molar-refractivity contribution in [2.45, 2.75) is 44.3 Å². The van der Waals surface area contributed by atoms with Gasteiger partial charge in [-0.2, -0.15) is 0 Å². The van der Waals surface area contributed by atoms with Gasteiger partial charge in [0.1, 0.15) is 13.2 Å². The minimum Gasteiger partial charge on any atom is -0.486 e. The van der Waals surface area contributed by atoms with Gasteiger partial charge in [-0.15, -0.1) is 0 Å². The van der Waals surface area contributed by atoms with E-state index in [0.29, 0.717) is 47.9 Å². The van der Waals surface area contributed by atoms with Crippen molar-refractivity contribution >= 4 is 29.5 Å². The Balaban J connectivity index is 1.25. The molecule has 2 aromatic carbocycles. The Morgan fingerprint density at radius 1 is 1.06 bits per heavy atom. The first-order chi connectivity index (χ1) is 15.6. The first-order valence-corrected chi connectivity index (χ1v) is 11.4. The van der Waals surface area contributed by atoms with Crippen LogP contribution in [0.5, 0.6) is 11.5 Å². The molecular formula is C25H25ClN2O4. The van der Waals surface area contributed by atoms with Crippen molar-refractivity contribution in [3.63, 3.8) is 0 Å². The van der Waals surface area contributed by atoms with E-state index < -0.39 is 0 Å². The Kier molecular flexibility index (Phi) is 5.79. The van der Waals surface area contributed by atoms with E-state index in [9.17, 15) is 9.59 Å². The fraction of sp³-hybridized carbons (Fsp3) is 0.360. The van der Waals surface area contributed by atoms with Crippen LogP contribution in [0, 0.1) is 0 Å². The number of benzene rings is 2. The number of carbonyl (C=O) groups excluding carboxylic acids is 2. The van der Waals surface area contributed by atoms with Crippen LogP contribution >= 0.6 is 11.6 Å². The summed E-state index contributed by atoms with van der Waals surface area (Å²) in [5, 5.41) is 3.46. The van der Waals surface area contributed by atoms with E-state index in [-0.39, 0.29) is 17.9 Å². The van der Waals surface area contributed by atoms with Crippen LogP contribution < -0.4 is 14.8 Å². The van der Waals surface area contributed by atoms with Gasteiger partial charge in [0.05, 0.1) is 5.02 Å². The summed E-state index contributed by atoms with van der Waals surface area (Å²) in [6, 6.07) is 11.7. The van der Waals surface area contributed by atoms with E-state index in [0.717, 1.165) is 36.8 Å². The second-order valence-electron chi connectivity index (χ2n) is 8.50. The molecule has 2 aliphatic carbocycles. The van der Waals surface area contributed by atoms with Crippen LogP contribution in [0.2, 0.25) is 5.02 Å². The van der Waals surface area contributed by atoms with Crippen molar-refractivity contribution < 1.29 is 19.1 Å². The SMILES string of the molecule is O=C(NC1CC1)c1ccc(CN(C(=O)/C=C/c2cc(Cl)c3c(c2)OCCO3)C2CC2)cc1. The number of hydrogen-bond acceptors (Lipinski definition) is 4. The second kappa shape index (κ2) is 8.87. The summed E-state index contributed by atoms with van der Waals surface area (Å²) < 4.78 is 11.2. The van der Waals surface area contributed by atoms with Gasteiger partial charge in [0.15, 0.2) is 11.5 Å². The first kappa shape index (κ1) is 20.9. The van der Waals surface area contributed by atoms with Crippen molar-refractivity contribution in [2.75, 3.05) is 13.2 Å². The molecule has 0 saturated heterocycles. The lowest BCUT2D eigenvalue weighted by atomic mass is 10.1. The topological polar surface area (TPSA) is 67.9 Å². The van der Waals surface area contributed by atoms with Gasteiger partial charge in [-0.05, 0) is 67.2 Å². The van der Waals surface area contributed by atoms with E-state index in [4.69, 9.17) is 21.1 Å². The van der Waals surface area contributed by atoms with Gasteiger partial charge in [0, 0.05) is 30.3 Å². The zero-order chi connectivity index (χ0) is 22.1. The Hall–Kier alpha value is -2.99. The maximum absolute atomic E-state index is 13.0. The molecule has 2 aromatic rings. The van der Waals surface area contributed by atoms with E-state index in [1.54, 1.807) is 18.2 Å². The van der Waals surface area contributed by atoms with Gasteiger partial charge < -0.3 is 19.7 Å². The molecule has 2 amide bonds. The van der Waals surface area contributed by atoms with Crippen molar-refractivity contribution in [2.24, 2.45) is 0 Å². The normalized spacial score (nSPS) is 17.3. The summed E-state index contributed by atoms with van der Waals surface area (Å²) in [6.07, 6.45) is 7.49. The third-order valence-electron chi connectivity index (χ3n) is 5.79. The summed E-state index contributed by atoms with van der Waals surface area (Å²) in [5.41, 5.74) is 2.44.